The number of nitrogens with one attached hydrogen (secondary N) is 1. The molecule has 5 nitrogen and oxygen atoms in total. The van der Waals surface area contributed by atoms with E-state index in [2.05, 4.69) is 0 Å². The number of hydrogen-bond acceptors (Lipinski definition) is 4. The molecular weight excluding hydrogens is 180 g/mol. The lowest BCUT2D eigenvalue weighted by Crippen LogP contribution is -2.30. The van der Waals surface area contributed by atoms with Crippen LogP contribution in [0.3, 0.4) is 0 Å². The summed E-state index contributed by atoms with van der Waals surface area (Å²) in [6.07, 6.45) is 0. The highest BCUT2D eigenvalue weighted by atomic mass is 16.2. The normalized spacial score (nSPS) is 8.50. The molecule has 1 aromatic carbocycles. The third-order valence-electron chi connectivity index (χ3n) is 1.67. The van der Waals surface area contributed by atoms with E-state index in [0.29, 0.717) is 0 Å². The fourth-order valence-electron chi connectivity index (χ4n) is 1.03. The molecule has 0 unspecified atom stereocenters. The Labute approximate surface area is 80.3 Å². The summed E-state index contributed by atoms with van der Waals surface area (Å²) >= 11 is 0. The zero-order valence-electron chi connectivity index (χ0n) is 7.11. The first-order valence-corrected chi connectivity index (χ1v) is 3.68. The summed E-state index contributed by atoms with van der Waals surface area (Å²) in [5, 5.41) is 17.4. The van der Waals surface area contributed by atoms with Gasteiger partial charge in [0.1, 0.15) is 12.1 Å². The standard InChI is InChI=1S/C9H6N4O/c10-4-6-2-1-3-7(8(6)5-11)9(14)13-12/h1-3H,12H2,(H,13,14). The van der Waals surface area contributed by atoms with Gasteiger partial charge in [0.2, 0.25) is 0 Å². The zero-order chi connectivity index (χ0) is 10.6. The number of benzene rings is 1. The van der Waals surface area contributed by atoms with Crippen LogP contribution in [0, 0.1) is 22.7 Å². The van der Waals surface area contributed by atoms with E-state index in [0.717, 1.165) is 0 Å². The van der Waals surface area contributed by atoms with E-state index < -0.39 is 5.91 Å². The minimum Gasteiger partial charge on any atom is -0.290 e. The number of hydrazine groups is 1. The average Bonchev–Trinajstić information content (AvgIpc) is 2.26. The highest BCUT2D eigenvalue weighted by molar-refractivity contribution is 5.96. The van der Waals surface area contributed by atoms with Crippen LogP contribution in [0.4, 0.5) is 0 Å². The second-order valence-corrected chi connectivity index (χ2v) is 2.43. The highest BCUT2D eigenvalue weighted by Gasteiger charge is 2.12. The van der Waals surface area contributed by atoms with Gasteiger partial charge in [0.05, 0.1) is 16.7 Å². The lowest BCUT2D eigenvalue weighted by atomic mass is 10.0. The van der Waals surface area contributed by atoms with Crippen molar-refractivity contribution in [3.05, 3.63) is 34.9 Å². The Bertz CT molecular complexity index is 453. The van der Waals surface area contributed by atoms with Gasteiger partial charge in [-0.2, -0.15) is 10.5 Å². The van der Waals surface area contributed by atoms with Crippen molar-refractivity contribution in [2.24, 2.45) is 5.84 Å². The van der Waals surface area contributed by atoms with E-state index in [9.17, 15) is 4.79 Å². The van der Waals surface area contributed by atoms with E-state index >= 15 is 0 Å². The minimum atomic E-state index is -0.585. The molecular formula is C9H6N4O. The molecule has 3 N–H and O–H groups in total. The summed E-state index contributed by atoms with van der Waals surface area (Å²) in [4.78, 5) is 11.2. The number of carbonyl (C=O) groups excluding carboxylic acids is 1. The minimum absolute atomic E-state index is 0.0398. The van der Waals surface area contributed by atoms with E-state index in [1.165, 1.54) is 18.2 Å². The van der Waals surface area contributed by atoms with Crippen molar-refractivity contribution in [3.8, 4) is 12.1 Å². The van der Waals surface area contributed by atoms with Gasteiger partial charge in [-0.3, -0.25) is 10.2 Å². The van der Waals surface area contributed by atoms with Gasteiger partial charge in [0.25, 0.3) is 5.91 Å². The van der Waals surface area contributed by atoms with Crippen LogP contribution in [0.1, 0.15) is 21.5 Å². The number of nitrogens with two attached hydrogens (primary N) is 1. The summed E-state index contributed by atoms with van der Waals surface area (Å²) in [7, 11) is 0. The molecule has 0 aromatic heterocycles. The molecule has 5 heteroatoms. The molecule has 0 saturated carbocycles. The fraction of sp³-hybridized carbons (Fsp3) is 0. The van der Waals surface area contributed by atoms with Crippen molar-refractivity contribution < 1.29 is 4.79 Å². The number of nitrogen functional groups attached to an aromatic ring is 1. The average molecular weight is 186 g/mol. The predicted octanol–water partition coefficient (Wildman–Crippen LogP) is 0.0335. The number of rotatable bonds is 1. The maximum Gasteiger partial charge on any atom is 0.266 e. The topological polar surface area (TPSA) is 103 Å². The van der Waals surface area contributed by atoms with Gasteiger partial charge in [-0.1, -0.05) is 6.07 Å². The van der Waals surface area contributed by atoms with Gasteiger partial charge in [-0.25, -0.2) is 5.84 Å². The Morgan fingerprint density at radius 3 is 2.57 bits per heavy atom. The summed E-state index contributed by atoms with van der Waals surface area (Å²) in [6, 6.07) is 8.03. The monoisotopic (exact) mass is 186 g/mol. The Morgan fingerprint density at radius 1 is 1.36 bits per heavy atom. The Kier molecular flexibility index (Phi) is 2.80. The second kappa shape index (κ2) is 4.04. The maximum absolute atomic E-state index is 11.2. The third-order valence-corrected chi connectivity index (χ3v) is 1.67. The first-order chi connectivity index (χ1) is 6.74. The van der Waals surface area contributed by atoms with E-state index in [4.69, 9.17) is 16.4 Å². The molecule has 1 aromatic rings. The first-order valence-electron chi connectivity index (χ1n) is 3.68. The molecule has 0 aliphatic carbocycles. The molecule has 14 heavy (non-hydrogen) atoms. The van der Waals surface area contributed by atoms with Crippen LogP contribution in [0.2, 0.25) is 0 Å². The van der Waals surface area contributed by atoms with Gasteiger partial charge in [0, 0.05) is 0 Å². The van der Waals surface area contributed by atoms with Gasteiger partial charge >= 0.3 is 0 Å². The van der Waals surface area contributed by atoms with Crippen molar-refractivity contribution in [2.75, 3.05) is 0 Å². The number of hydrogen-bond donors (Lipinski definition) is 2. The number of amides is 1. The van der Waals surface area contributed by atoms with Crippen LogP contribution in [-0.2, 0) is 0 Å². The lowest BCUT2D eigenvalue weighted by Gasteiger charge is -2.02. The molecule has 0 radical (unpaired) electrons. The summed E-state index contributed by atoms with van der Waals surface area (Å²) < 4.78 is 0. The number of nitrogens with zero attached hydrogens (tertiary/aromatic N) is 2. The lowest BCUT2D eigenvalue weighted by molar-refractivity contribution is 0.0953. The quantitative estimate of drug-likeness (QED) is 0.367. The van der Waals surface area contributed by atoms with Crippen molar-refractivity contribution >= 4 is 5.91 Å². The van der Waals surface area contributed by atoms with Gasteiger partial charge in [0.15, 0.2) is 0 Å². The molecule has 1 amide bonds. The molecule has 0 saturated heterocycles. The van der Waals surface area contributed by atoms with E-state index in [1.807, 2.05) is 11.5 Å². The molecule has 1 rings (SSSR count). The van der Waals surface area contributed by atoms with Crippen LogP contribution < -0.4 is 11.3 Å². The van der Waals surface area contributed by atoms with Gasteiger partial charge in [-0.05, 0) is 12.1 Å². The van der Waals surface area contributed by atoms with Crippen LogP contribution in [-0.4, -0.2) is 5.91 Å². The zero-order valence-corrected chi connectivity index (χ0v) is 7.11. The van der Waals surface area contributed by atoms with Crippen molar-refractivity contribution in [3.63, 3.8) is 0 Å². The Balaban J connectivity index is 3.40. The molecule has 0 spiro atoms. The molecule has 68 valence electrons. The summed E-state index contributed by atoms with van der Waals surface area (Å²) in [5.41, 5.74) is 2.21. The van der Waals surface area contributed by atoms with Crippen LogP contribution in [0.25, 0.3) is 0 Å². The van der Waals surface area contributed by atoms with Crippen LogP contribution in [0.5, 0.6) is 0 Å². The Hall–Kier alpha value is -2.37. The third kappa shape index (κ3) is 1.53. The van der Waals surface area contributed by atoms with Gasteiger partial charge in [-0.15, -0.1) is 0 Å². The number of carbonyl (C=O) groups is 1. The van der Waals surface area contributed by atoms with Crippen molar-refractivity contribution in [1.82, 2.24) is 5.43 Å². The fourth-order valence-corrected chi connectivity index (χ4v) is 1.03. The molecule has 0 fully saturated rings. The SMILES string of the molecule is N#Cc1cccc(C(=O)NN)c1C#N. The number of nitriles is 2. The summed E-state index contributed by atoms with van der Waals surface area (Å²) in [5.74, 6) is 4.34. The van der Waals surface area contributed by atoms with Crippen molar-refractivity contribution in [2.45, 2.75) is 0 Å². The van der Waals surface area contributed by atoms with Crippen molar-refractivity contribution in [1.29, 1.82) is 10.5 Å². The molecule has 0 atom stereocenters. The van der Waals surface area contributed by atoms with E-state index in [-0.39, 0.29) is 16.7 Å². The largest absolute Gasteiger partial charge is 0.290 e. The molecule has 0 heterocycles. The second-order valence-electron chi connectivity index (χ2n) is 2.43. The van der Waals surface area contributed by atoms with Crippen LogP contribution >= 0.6 is 0 Å². The predicted molar refractivity (Wildman–Crippen MR) is 47.5 cm³/mol. The first kappa shape index (κ1) is 9.72. The van der Waals surface area contributed by atoms with Crippen LogP contribution in [0.15, 0.2) is 18.2 Å². The van der Waals surface area contributed by atoms with Gasteiger partial charge < -0.3 is 0 Å². The molecule has 0 aliphatic heterocycles. The maximum atomic E-state index is 11.2. The summed E-state index contributed by atoms with van der Waals surface area (Å²) in [6.45, 7) is 0. The highest BCUT2D eigenvalue weighted by Crippen LogP contribution is 2.12. The van der Waals surface area contributed by atoms with E-state index in [1.54, 1.807) is 6.07 Å². The molecule has 0 aliphatic rings. The molecule has 0 bridgehead atoms. The Morgan fingerprint density at radius 2 is 2.07 bits per heavy atom. The smallest absolute Gasteiger partial charge is 0.266 e.